The van der Waals surface area contributed by atoms with Crippen LogP contribution in [0.3, 0.4) is 0 Å². The van der Waals surface area contributed by atoms with E-state index in [2.05, 4.69) is 20.1 Å². The first-order valence-electron chi connectivity index (χ1n) is 8.49. The standard InChI is InChI=1S/C17H18N6OS/c24-17-7-13-11-25-6-3-14(13)19-23(17)10-12-8-21(9-12)16-2-1-15-18-4-5-22(15)20-16/h1-2,4-5,7,12H,3,6,8-11H2. The number of nitrogens with zero attached hydrogens (tertiary/aromatic N) is 6. The van der Waals surface area contributed by atoms with Gasteiger partial charge in [0.05, 0.1) is 12.2 Å². The first-order valence-corrected chi connectivity index (χ1v) is 9.65. The zero-order valence-corrected chi connectivity index (χ0v) is 14.5. The Morgan fingerprint density at radius 1 is 1.24 bits per heavy atom. The highest BCUT2D eigenvalue weighted by atomic mass is 32.2. The van der Waals surface area contributed by atoms with E-state index in [9.17, 15) is 4.79 Å². The minimum absolute atomic E-state index is 0.0256. The van der Waals surface area contributed by atoms with Crippen LogP contribution < -0.4 is 10.5 Å². The molecule has 5 heterocycles. The van der Waals surface area contributed by atoms with E-state index < -0.39 is 0 Å². The predicted molar refractivity (Wildman–Crippen MR) is 97.1 cm³/mol. The third kappa shape index (κ3) is 2.70. The molecule has 128 valence electrons. The molecule has 0 bridgehead atoms. The van der Waals surface area contributed by atoms with Crippen LogP contribution in [0.5, 0.6) is 0 Å². The number of anilines is 1. The fourth-order valence-electron chi connectivity index (χ4n) is 3.47. The van der Waals surface area contributed by atoms with Crippen molar-refractivity contribution in [2.24, 2.45) is 5.92 Å². The smallest absolute Gasteiger partial charge is 0.267 e. The second-order valence-corrected chi connectivity index (χ2v) is 7.74. The highest BCUT2D eigenvalue weighted by molar-refractivity contribution is 7.98. The number of fused-ring (bicyclic) bond motifs is 2. The molecule has 8 heteroatoms. The van der Waals surface area contributed by atoms with Gasteiger partial charge in [0, 0.05) is 49.6 Å². The number of thioether (sulfide) groups is 1. The van der Waals surface area contributed by atoms with E-state index >= 15 is 0 Å². The predicted octanol–water partition coefficient (Wildman–Crippen LogP) is 1.21. The Labute approximate surface area is 148 Å². The maximum atomic E-state index is 12.3. The molecular formula is C17H18N6OS. The lowest BCUT2D eigenvalue weighted by molar-refractivity contribution is 0.330. The topological polar surface area (TPSA) is 68.3 Å². The van der Waals surface area contributed by atoms with Crippen LogP contribution in [0, 0.1) is 5.92 Å². The Bertz CT molecular complexity index is 990. The summed E-state index contributed by atoms with van der Waals surface area (Å²) in [5.74, 6) is 3.39. The van der Waals surface area contributed by atoms with Gasteiger partial charge in [-0.1, -0.05) is 0 Å². The van der Waals surface area contributed by atoms with Gasteiger partial charge in [0.15, 0.2) is 5.65 Å². The van der Waals surface area contributed by atoms with E-state index in [1.807, 2.05) is 30.1 Å². The minimum Gasteiger partial charge on any atom is -0.354 e. The molecule has 0 spiro atoms. The fourth-order valence-corrected chi connectivity index (χ4v) is 4.43. The zero-order valence-electron chi connectivity index (χ0n) is 13.7. The van der Waals surface area contributed by atoms with Gasteiger partial charge >= 0.3 is 0 Å². The second-order valence-electron chi connectivity index (χ2n) is 6.63. The lowest BCUT2D eigenvalue weighted by Crippen LogP contribution is -2.50. The molecule has 0 unspecified atom stereocenters. The van der Waals surface area contributed by atoms with Crippen LogP contribution in [0.15, 0.2) is 35.4 Å². The minimum atomic E-state index is 0.0256. The van der Waals surface area contributed by atoms with Crippen LogP contribution in [-0.2, 0) is 18.7 Å². The summed E-state index contributed by atoms with van der Waals surface area (Å²) < 4.78 is 3.44. The van der Waals surface area contributed by atoms with Crippen LogP contribution >= 0.6 is 11.8 Å². The third-order valence-electron chi connectivity index (χ3n) is 4.86. The molecule has 0 aliphatic carbocycles. The van der Waals surface area contributed by atoms with E-state index in [1.165, 1.54) is 0 Å². The lowest BCUT2D eigenvalue weighted by Gasteiger charge is -2.40. The molecule has 2 aliphatic heterocycles. The Kier molecular flexibility index (Phi) is 3.51. The van der Waals surface area contributed by atoms with Crippen molar-refractivity contribution in [1.29, 1.82) is 0 Å². The largest absolute Gasteiger partial charge is 0.354 e. The Hall–Kier alpha value is -2.35. The van der Waals surface area contributed by atoms with Crippen molar-refractivity contribution in [3.8, 4) is 0 Å². The highest BCUT2D eigenvalue weighted by Crippen LogP contribution is 2.24. The van der Waals surface area contributed by atoms with E-state index in [-0.39, 0.29) is 5.56 Å². The number of rotatable bonds is 3. The lowest BCUT2D eigenvalue weighted by atomic mass is 10.0. The SMILES string of the molecule is O=c1cc2c(nn1CC1CN(c3ccc4nccn4n3)C1)CCSC2. The van der Waals surface area contributed by atoms with Crippen LogP contribution in [0.2, 0.25) is 0 Å². The van der Waals surface area contributed by atoms with Crippen molar-refractivity contribution in [1.82, 2.24) is 24.4 Å². The van der Waals surface area contributed by atoms with Crippen molar-refractivity contribution >= 4 is 23.2 Å². The van der Waals surface area contributed by atoms with Crippen molar-refractivity contribution in [3.05, 3.63) is 52.2 Å². The molecule has 25 heavy (non-hydrogen) atoms. The van der Waals surface area contributed by atoms with Crippen molar-refractivity contribution < 1.29 is 0 Å². The summed E-state index contributed by atoms with van der Waals surface area (Å²) in [6.07, 6.45) is 4.56. The molecule has 3 aromatic rings. The highest BCUT2D eigenvalue weighted by Gasteiger charge is 2.29. The average molecular weight is 354 g/mol. The van der Waals surface area contributed by atoms with Crippen molar-refractivity contribution in [2.75, 3.05) is 23.7 Å². The molecule has 0 amide bonds. The van der Waals surface area contributed by atoms with Crippen LogP contribution in [0.4, 0.5) is 5.82 Å². The summed E-state index contributed by atoms with van der Waals surface area (Å²) >= 11 is 1.87. The fraction of sp³-hybridized carbons (Fsp3) is 0.412. The summed E-state index contributed by atoms with van der Waals surface area (Å²) in [7, 11) is 0. The first-order chi connectivity index (χ1) is 12.3. The number of hydrogen-bond donors (Lipinski definition) is 0. The van der Waals surface area contributed by atoms with Crippen LogP contribution in [-0.4, -0.2) is 43.2 Å². The third-order valence-corrected chi connectivity index (χ3v) is 5.87. The van der Waals surface area contributed by atoms with E-state index in [0.717, 1.165) is 53.7 Å². The molecule has 0 atom stereocenters. The van der Waals surface area contributed by atoms with Crippen LogP contribution in [0.1, 0.15) is 11.3 Å². The summed E-state index contributed by atoms with van der Waals surface area (Å²) in [6.45, 7) is 2.48. The number of imidazole rings is 1. The van der Waals surface area contributed by atoms with Crippen molar-refractivity contribution in [3.63, 3.8) is 0 Å². The van der Waals surface area contributed by atoms with Gasteiger partial charge in [0.2, 0.25) is 0 Å². The van der Waals surface area contributed by atoms with Crippen molar-refractivity contribution in [2.45, 2.75) is 18.7 Å². The number of hydrogen-bond acceptors (Lipinski definition) is 6. The van der Waals surface area contributed by atoms with E-state index in [0.29, 0.717) is 12.5 Å². The second kappa shape index (κ2) is 5.87. The molecule has 0 radical (unpaired) electrons. The molecule has 0 N–H and O–H groups in total. The van der Waals surface area contributed by atoms with Gasteiger partial charge in [0.1, 0.15) is 5.82 Å². The van der Waals surface area contributed by atoms with E-state index in [1.54, 1.807) is 21.5 Å². The molecule has 1 saturated heterocycles. The van der Waals surface area contributed by atoms with Gasteiger partial charge in [-0.15, -0.1) is 5.10 Å². The number of aromatic nitrogens is 5. The van der Waals surface area contributed by atoms with Gasteiger partial charge < -0.3 is 4.90 Å². The van der Waals surface area contributed by atoms with Crippen LogP contribution in [0.25, 0.3) is 5.65 Å². The molecule has 0 saturated carbocycles. The zero-order chi connectivity index (χ0) is 16.8. The normalized spacial score (nSPS) is 17.5. The van der Waals surface area contributed by atoms with Gasteiger partial charge in [-0.3, -0.25) is 4.79 Å². The maximum Gasteiger partial charge on any atom is 0.267 e. The maximum absolute atomic E-state index is 12.3. The first kappa shape index (κ1) is 14.9. The molecule has 2 aliphatic rings. The monoisotopic (exact) mass is 354 g/mol. The molecule has 7 nitrogen and oxygen atoms in total. The molecule has 3 aromatic heterocycles. The Morgan fingerprint density at radius 2 is 2.16 bits per heavy atom. The van der Waals surface area contributed by atoms with Gasteiger partial charge in [-0.25, -0.2) is 14.2 Å². The van der Waals surface area contributed by atoms with E-state index in [4.69, 9.17) is 0 Å². The Balaban J connectivity index is 1.29. The number of aryl methyl sites for hydroxylation is 1. The summed E-state index contributed by atoms with van der Waals surface area (Å²) in [5, 5.41) is 9.18. The molecular weight excluding hydrogens is 336 g/mol. The van der Waals surface area contributed by atoms with Gasteiger partial charge in [0.25, 0.3) is 5.56 Å². The quantitative estimate of drug-likeness (QED) is 0.704. The van der Waals surface area contributed by atoms with Gasteiger partial charge in [-0.05, 0) is 23.4 Å². The van der Waals surface area contributed by atoms with Gasteiger partial charge in [-0.2, -0.15) is 16.9 Å². The molecule has 0 aromatic carbocycles. The molecule has 5 rings (SSSR count). The summed E-state index contributed by atoms with van der Waals surface area (Å²) in [4.78, 5) is 18.7. The average Bonchev–Trinajstić information content (AvgIpc) is 3.05. The molecule has 1 fully saturated rings. The summed E-state index contributed by atoms with van der Waals surface area (Å²) in [5.41, 5.74) is 3.09. The Morgan fingerprint density at radius 3 is 3.08 bits per heavy atom. The summed E-state index contributed by atoms with van der Waals surface area (Å²) in [6, 6.07) is 5.75.